The second kappa shape index (κ2) is 36.2. The van der Waals surface area contributed by atoms with Gasteiger partial charge in [0.25, 0.3) is 0 Å². The molecule has 0 saturated carbocycles. The molecule has 0 heterocycles. The molecule has 0 aromatic carbocycles. The van der Waals surface area contributed by atoms with Gasteiger partial charge in [0.05, 0.1) is 18.6 Å². The van der Waals surface area contributed by atoms with Gasteiger partial charge in [-0.05, 0) is 103 Å². The Hall–Kier alpha value is -1.14. The van der Waals surface area contributed by atoms with Gasteiger partial charge in [0, 0.05) is 13.0 Å². The maximum atomic E-state index is 12.9. The average Bonchev–Trinajstić information content (AvgIpc) is 3.13. The van der Waals surface area contributed by atoms with Crippen molar-refractivity contribution in [3.05, 3.63) is 0 Å². The summed E-state index contributed by atoms with van der Waals surface area (Å²) >= 11 is 0. The maximum absolute atomic E-state index is 12.9. The van der Waals surface area contributed by atoms with Crippen LogP contribution in [0.4, 0.5) is 0 Å². The number of carbonyl (C=O) groups is 2. The van der Waals surface area contributed by atoms with Crippen LogP contribution in [0.5, 0.6) is 0 Å². The Morgan fingerprint density at radius 1 is 0.537 bits per heavy atom. The Kier molecular flexibility index (Phi) is 35.5. The molecule has 0 saturated heterocycles. The summed E-state index contributed by atoms with van der Waals surface area (Å²) in [4.78, 5) is 28.0. The molecule has 54 heavy (non-hydrogen) atoms. The quantitative estimate of drug-likeness (QED) is 0.0493. The predicted molar refractivity (Wildman–Crippen MR) is 232 cm³/mol. The van der Waals surface area contributed by atoms with Crippen molar-refractivity contribution in [1.82, 2.24) is 4.90 Å². The van der Waals surface area contributed by atoms with Gasteiger partial charge in [-0.2, -0.15) is 0 Å². The molecule has 6 heteroatoms. The summed E-state index contributed by atoms with van der Waals surface area (Å²) < 4.78 is 11.7. The highest BCUT2D eigenvalue weighted by molar-refractivity contribution is 5.75. The zero-order valence-electron chi connectivity index (χ0n) is 37.6. The van der Waals surface area contributed by atoms with Crippen LogP contribution in [0.25, 0.3) is 0 Å². The van der Waals surface area contributed by atoms with Crippen LogP contribution in [-0.2, 0) is 19.1 Å². The third-order valence-corrected chi connectivity index (χ3v) is 11.6. The smallest absolute Gasteiger partial charge is 0.311 e. The van der Waals surface area contributed by atoms with E-state index in [0.29, 0.717) is 13.0 Å². The van der Waals surface area contributed by atoms with Crippen molar-refractivity contribution in [2.75, 3.05) is 32.8 Å². The fraction of sp³-hybridized carbons (Fsp3) is 0.958. The molecule has 322 valence electrons. The number of aliphatic hydroxyl groups is 1. The molecule has 1 N–H and O–H groups in total. The second-order valence-corrected chi connectivity index (χ2v) is 18.2. The molecule has 0 radical (unpaired) electrons. The number of unbranched alkanes of at least 4 members (excludes halogenated alkanes) is 19. The van der Waals surface area contributed by atoms with E-state index >= 15 is 0 Å². The van der Waals surface area contributed by atoms with E-state index in [9.17, 15) is 14.7 Å². The van der Waals surface area contributed by atoms with Crippen molar-refractivity contribution in [3.63, 3.8) is 0 Å². The van der Waals surface area contributed by atoms with Gasteiger partial charge in [0.1, 0.15) is 6.10 Å². The Bertz CT molecular complexity index is 827. The molecule has 0 aromatic rings. The van der Waals surface area contributed by atoms with Gasteiger partial charge >= 0.3 is 11.9 Å². The second-order valence-electron chi connectivity index (χ2n) is 18.2. The number of ether oxygens (including phenoxy) is 2. The van der Waals surface area contributed by atoms with Gasteiger partial charge in [0.2, 0.25) is 0 Å². The highest BCUT2D eigenvalue weighted by atomic mass is 16.5. The first kappa shape index (κ1) is 52.9. The van der Waals surface area contributed by atoms with E-state index in [2.05, 4.69) is 39.5 Å². The molecule has 6 nitrogen and oxygen atoms in total. The number of hydrogen-bond acceptors (Lipinski definition) is 6. The van der Waals surface area contributed by atoms with Gasteiger partial charge in [0.15, 0.2) is 0 Å². The van der Waals surface area contributed by atoms with Crippen molar-refractivity contribution in [1.29, 1.82) is 0 Å². The fourth-order valence-corrected chi connectivity index (χ4v) is 7.68. The molecule has 0 aliphatic rings. The largest absolute Gasteiger partial charge is 0.465 e. The minimum Gasteiger partial charge on any atom is -0.465 e. The van der Waals surface area contributed by atoms with Crippen molar-refractivity contribution >= 4 is 11.9 Å². The van der Waals surface area contributed by atoms with Gasteiger partial charge in [-0.15, -0.1) is 0 Å². The highest BCUT2D eigenvalue weighted by Crippen LogP contribution is 2.30. The summed E-state index contributed by atoms with van der Waals surface area (Å²) in [6, 6.07) is 0. The molecule has 0 aromatic heterocycles. The van der Waals surface area contributed by atoms with E-state index in [0.717, 1.165) is 103 Å². The van der Waals surface area contributed by atoms with Crippen LogP contribution in [0.1, 0.15) is 248 Å². The molecule has 0 aliphatic heterocycles. The number of hydrogen-bond donors (Lipinski definition) is 1. The van der Waals surface area contributed by atoms with E-state index < -0.39 is 5.41 Å². The van der Waals surface area contributed by atoms with E-state index in [4.69, 9.17) is 9.47 Å². The molecule has 0 fully saturated rings. The standard InChI is InChI=1S/C48H95NO5/c1-8-11-14-17-20-25-30-43-53-46(52)48(6,7)38-28-23-24-29-39-49(41-42-50)40-32-37-47(4,5)36-31-35-45(51)54-44(33-26-21-18-15-12-9-2)34-27-22-19-16-13-10-3/h44,50H,8-43H2,1-7H3. The molecule has 0 bridgehead atoms. The molecule has 0 atom stereocenters. The Balaban J connectivity index is 4.34. The first-order valence-electron chi connectivity index (χ1n) is 23.7. The van der Waals surface area contributed by atoms with Crippen molar-refractivity contribution in [3.8, 4) is 0 Å². The van der Waals surface area contributed by atoms with Crippen LogP contribution >= 0.6 is 0 Å². The zero-order valence-corrected chi connectivity index (χ0v) is 37.6. The van der Waals surface area contributed by atoms with Crippen molar-refractivity contribution < 1.29 is 24.2 Å². The Morgan fingerprint density at radius 2 is 1.00 bits per heavy atom. The third kappa shape index (κ3) is 33.0. The molecular formula is C48H95NO5. The molecule has 0 aliphatic carbocycles. The summed E-state index contributed by atoms with van der Waals surface area (Å²) in [6.07, 6.45) is 36.0. The number of nitrogens with zero attached hydrogens (tertiary/aromatic N) is 1. The number of rotatable bonds is 41. The summed E-state index contributed by atoms with van der Waals surface area (Å²) in [6.45, 7) is 19.0. The first-order valence-corrected chi connectivity index (χ1v) is 23.7. The van der Waals surface area contributed by atoms with Crippen molar-refractivity contribution in [2.24, 2.45) is 10.8 Å². The van der Waals surface area contributed by atoms with Crippen LogP contribution in [0.3, 0.4) is 0 Å². The number of carbonyl (C=O) groups excluding carboxylic acids is 2. The predicted octanol–water partition coefficient (Wildman–Crippen LogP) is 13.9. The Morgan fingerprint density at radius 3 is 1.56 bits per heavy atom. The Labute approximate surface area is 337 Å². The van der Waals surface area contributed by atoms with Gasteiger partial charge in [-0.25, -0.2) is 0 Å². The minimum absolute atomic E-state index is 0.00388. The lowest BCUT2D eigenvalue weighted by Gasteiger charge is -2.27. The lowest BCUT2D eigenvalue weighted by molar-refractivity contribution is -0.154. The van der Waals surface area contributed by atoms with Gasteiger partial charge in [-0.1, -0.05) is 157 Å². The van der Waals surface area contributed by atoms with Crippen molar-refractivity contribution in [2.45, 2.75) is 254 Å². The molecule has 0 unspecified atom stereocenters. The van der Waals surface area contributed by atoms with Crippen LogP contribution in [0.2, 0.25) is 0 Å². The van der Waals surface area contributed by atoms with Gasteiger partial charge in [-0.3, -0.25) is 9.59 Å². The zero-order chi connectivity index (χ0) is 40.2. The first-order chi connectivity index (χ1) is 26.0. The topological polar surface area (TPSA) is 76.1 Å². The lowest BCUT2D eigenvalue weighted by Crippen LogP contribution is -2.30. The van der Waals surface area contributed by atoms with E-state index in [1.807, 2.05) is 13.8 Å². The summed E-state index contributed by atoms with van der Waals surface area (Å²) in [5.74, 6) is -0.0408. The average molecular weight is 766 g/mol. The monoisotopic (exact) mass is 766 g/mol. The third-order valence-electron chi connectivity index (χ3n) is 11.6. The van der Waals surface area contributed by atoms with Gasteiger partial charge < -0.3 is 19.5 Å². The highest BCUT2D eigenvalue weighted by Gasteiger charge is 2.28. The molecule has 0 amide bonds. The fourth-order valence-electron chi connectivity index (χ4n) is 7.68. The minimum atomic E-state index is -0.417. The molecule has 0 spiro atoms. The number of esters is 2. The van der Waals surface area contributed by atoms with Crippen LogP contribution in [-0.4, -0.2) is 60.9 Å². The maximum Gasteiger partial charge on any atom is 0.311 e. The van der Waals surface area contributed by atoms with E-state index in [1.165, 1.54) is 109 Å². The van der Waals surface area contributed by atoms with Crippen LogP contribution in [0.15, 0.2) is 0 Å². The number of aliphatic hydroxyl groups excluding tert-OH is 1. The molecular weight excluding hydrogens is 671 g/mol. The summed E-state index contributed by atoms with van der Waals surface area (Å²) in [7, 11) is 0. The summed E-state index contributed by atoms with van der Waals surface area (Å²) in [5.41, 5.74) is -0.232. The SMILES string of the molecule is CCCCCCCCCOC(=O)C(C)(C)CCCCCCN(CCO)CCCC(C)(C)CCCC(=O)OC(CCCCCCCC)CCCCCCCC. The van der Waals surface area contributed by atoms with E-state index in [1.54, 1.807) is 0 Å². The van der Waals surface area contributed by atoms with Crippen LogP contribution < -0.4 is 0 Å². The summed E-state index contributed by atoms with van der Waals surface area (Å²) in [5, 5.41) is 9.70. The molecule has 0 rings (SSSR count). The normalized spacial score (nSPS) is 12.3. The lowest BCUT2D eigenvalue weighted by atomic mass is 9.82. The van der Waals surface area contributed by atoms with E-state index in [-0.39, 0.29) is 30.1 Å². The van der Waals surface area contributed by atoms with Crippen LogP contribution in [0, 0.1) is 10.8 Å².